The van der Waals surface area contributed by atoms with Crippen molar-refractivity contribution in [3.8, 4) is 0 Å². The van der Waals surface area contributed by atoms with Gasteiger partial charge in [-0.1, -0.05) is 39.8 Å². The third-order valence-electron chi connectivity index (χ3n) is 6.42. The highest BCUT2D eigenvalue weighted by Crippen LogP contribution is 2.57. The predicted molar refractivity (Wildman–Crippen MR) is 95.4 cm³/mol. The fourth-order valence-electron chi connectivity index (χ4n) is 4.04. The van der Waals surface area contributed by atoms with Crippen molar-refractivity contribution in [2.24, 2.45) is 17.3 Å². The van der Waals surface area contributed by atoms with Crippen LogP contribution in [0.2, 0.25) is 18.1 Å². The smallest absolute Gasteiger partial charge is 0.192 e. The molecule has 2 aliphatic carbocycles. The summed E-state index contributed by atoms with van der Waals surface area (Å²) in [6, 6.07) is 0. The summed E-state index contributed by atoms with van der Waals surface area (Å²) in [5.41, 5.74) is 0.0284. The van der Waals surface area contributed by atoms with Crippen LogP contribution in [-0.2, 0) is 9.22 Å². The number of hydrogen-bond donors (Lipinski definition) is 0. The van der Waals surface area contributed by atoms with E-state index in [1.165, 1.54) is 0 Å². The van der Waals surface area contributed by atoms with E-state index >= 15 is 0 Å². The minimum Gasteiger partial charge on any atom is -0.413 e. The van der Waals surface area contributed by atoms with E-state index in [0.717, 1.165) is 19.3 Å². The van der Waals surface area contributed by atoms with Crippen molar-refractivity contribution in [1.82, 2.24) is 0 Å². The highest BCUT2D eigenvalue weighted by atomic mass is 28.4. The average Bonchev–Trinajstić information content (AvgIpc) is 2.62. The minimum atomic E-state index is -1.86. The van der Waals surface area contributed by atoms with Gasteiger partial charge < -0.3 is 4.43 Å². The molecule has 0 heterocycles. The molecule has 0 aliphatic heterocycles. The fourth-order valence-corrected chi connectivity index (χ4v) is 5.38. The summed E-state index contributed by atoms with van der Waals surface area (Å²) in [4.78, 5) is 12.7. The largest absolute Gasteiger partial charge is 0.413 e. The molecule has 0 aromatic rings. The van der Waals surface area contributed by atoms with Crippen molar-refractivity contribution in [2.75, 3.05) is 0 Å². The first-order valence-corrected chi connectivity index (χ1v) is 11.4. The molecule has 2 nitrogen and oxygen atoms in total. The number of fused-ring (bicyclic) bond motifs is 1. The van der Waals surface area contributed by atoms with Gasteiger partial charge in [0.05, 0.1) is 12.0 Å². The molecule has 2 rings (SSSR count). The number of allylic oxidation sites excluding steroid dienone is 3. The Kier molecular flexibility index (Phi) is 4.62. The second kappa shape index (κ2) is 5.75. The van der Waals surface area contributed by atoms with E-state index in [0.29, 0.717) is 5.92 Å². The topological polar surface area (TPSA) is 26.3 Å². The van der Waals surface area contributed by atoms with Crippen LogP contribution in [0.1, 0.15) is 47.0 Å². The third kappa shape index (κ3) is 2.78. The Morgan fingerprint density at radius 1 is 1.45 bits per heavy atom. The van der Waals surface area contributed by atoms with Crippen molar-refractivity contribution >= 4 is 14.1 Å². The highest BCUT2D eigenvalue weighted by Gasteiger charge is 2.57. The summed E-state index contributed by atoms with van der Waals surface area (Å²) in [6.07, 6.45) is 8.80. The lowest BCUT2D eigenvalue weighted by atomic mass is 9.64. The number of carbonyl (C=O) groups is 1. The second-order valence-electron chi connectivity index (χ2n) is 8.77. The van der Waals surface area contributed by atoms with Gasteiger partial charge in [-0.05, 0) is 54.8 Å². The summed E-state index contributed by atoms with van der Waals surface area (Å²) in [5, 5.41) is 0.174. The van der Waals surface area contributed by atoms with Gasteiger partial charge >= 0.3 is 0 Å². The van der Waals surface area contributed by atoms with Crippen LogP contribution in [-0.4, -0.2) is 20.2 Å². The molecule has 0 unspecified atom stereocenters. The summed E-state index contributed by atoms with van der Waals surface area (Å²) < 4.78 is 6.69. The molecule has 1 fully saturated rings. The van der Waals surface area contributed by atoms with E-state index in [1.54, 1.807) is 6.08 Å². The van der Waals surface area contributed by atoms with Gasteiger partial charge in [-0.2, -0.15) is 0 Å². The van der Waals surface area contributed by atoms with E-state index in [2.05, 4.69) is 53.4 Å². The molecule has 0 saturated heterocycles. The summed E-state index contributed by atoms with van der Waals surface area (Å²) in [6.45, 7) is 17.6. The molecule has 2 aliphatic rings. The first kappa shape index (κ1) is 17.7. The van der Waals surface area contributed by atoms with Crippen LogP contribution in [0, 0.1) is 17.3 Å². The van der Waals surface area contributed by atoms with Crippen molar-refractivity contribution < 1.29 is 9.22 Å². The van der Waals surface area contributed by atoms with Gasteiger partial charge in [-0.25, -0.2) is 0 Å². The molecular formula is C19H32O2Si. The van der Waals surface area contributed by atoms with Crippen LogP contribution in [0.5, 0.6) is 0 Å². The molecule has 0 radical (unpaired) electrons. The fraction of sp³-hybridized carbons (Fsp3) is 0.737. The van der Waals surface area contributed by atoms with Gasteiger partial charge in [0, 0.05) is 0 Å². The van der Waals surface area contributed by atoms with Crippen LogP contribution in [0.15, 0.2) is 24.8 Å². The van der Waals surface area contributed by atoms with Gasteiger partial charge in [-0.3, -0.25) is 4.79 Å². The molecule has 4 atom stereocenters. The van der Waals surface area contributed by atoms with Crippen LogP contribution >= 0.6 is 0 Å². The van der Waals surface area contributed by atoms with E-state index in [1.807, 2.05) is 6.08 Å². The number of rotatable bonds is 4. The standard InChI is InChI=1S/C19H32O2Si/c1-8-11-19-12-9-10-15(20)17(19)16(13-14(19)2)21-22(6,7)18(3,4)5/h8-10,14,16-17H,1,11-13H2,2-7H3/t14-,16+,17-,19+/m0/s1. The Hall–Kier alpha value is -0.673. The summed E-state index contributed by atoms with van der Waals surface area (Å²) in [5.74, 6) is 0.778. The Bertz CT molecular complexity index is 486. The Balaban J connectivity index is 2.33. The Labute approximate surface area is 137 Å². The minimum absolute atomic E-state index is 0.0135. The van der Waals surface area contributed by atoms with Crippen LogP contribution < -0.4 is 0 Å². The monoisotopic (exact) mass is 320 g/mol. The number of hydrogen-bond acceptors (Lipinski definition) is 2. The van der Waals surface area contributed by atoms with Gasteiger partial charge in [0.25, 0.3) is 0 Å². The number of ketones is 1. The predicted octanol–water partition coefficient (Wildman–Crippen LogP) is 5.12. The first-order valence-electron chi connectivity index (χ1n) is 8.54. The first-order chi connectivity index (χ1) is 10.0. The lowest BCUT2D eigenvalue weighted by Crippen LogP contribution is -2.48. The quantitative estimate of drug-likeness (QED) is 0.530. The molecule has 0 spiro atoms. The zero-order valence-corrected chi connectivity index (χ0v) is 16.1. The van der Waals surface area contributed by atoms with Crippen molar-refractivity contribution in [3.63, 3.8) is 0 Å². The average molecular weight is 321 g/mol. The molecule has 124 valence electrons. The maximum atomic E-state index is 12.7. The second-order valence-corrected chi connectivity index (χ2v) is 13.5. The van der Waals surface area contributed by atoms with Crippen LogP contribution in [0.3, 0.4) is 0 Å². The lowest BCUT2D eigenvalue weighted by Gasteiger charge is -2.43. The normalized spacial score (nSPS) is 35.5. The zero-order chi connectivity index (χ0) is 16.8. The maximum absolute atomic E-state index is 12.7. The molecular weight excluding hydrogens is 288 g/mol. The van der Waals surface area contributed by atoms with Crippen LogP contribution in [0.4, 0.5) is 0 Å². The van der Waals surface area contributed by atoms with Crippen molar-refractivity contribution in [1.29, 1.82) is 0 Å². The lowest BCUT2D eigenvalue weighted by molar-refractivity contribution is -0.125. The Morgan fingerprint density at radius 3 is 2.64 bits per heavy atom. The van der Waals surface area contributed by atoms with E-state index in [4.69, 9.17) is 4.43 Å². The summed E-state index contributed by atoms with van der Waals surface area (Å²) >= 11 is 0. The summed E-state index contributed by atoms with van der Waals surface area (Å²) in [7, 11) is -1.86. The highest BCUT2D eigenvalue weighted by molar-refractivity contribution is 6.74. The molecule has 1 saturated carbocycles. The molecule has 0 N–H and O–H groups in total. The molecule has 0 aromatic heterocycles. The van der Waals surface area contributed by atoms with Gasteiger partial charge in [-0.15, -0.1) is 6.58 Å². The van der Waals surface area contributed by atoms with Gasteiger partial charge in [0.2, 0.25) is 0 Å². The van der Waals surface area contributed by atoms with E-state index in [9.17, 15) is 4.79 Å². The molecule has 0 aromatic carbocycles. The van der Waals surface area contributed by atoms with Crippen molar-refractivity contribution in [3.05, 3.63) is 24.8 Å². The maximum Gasteiger partial charge on any atom is 0.192 e. The third-order valence-corrected chi connectivity index (χ3v) is 10.9. The zero-order valence-electron chi connectivity index (χ0n) is 15.1. The van der Waals surface area contributed by atoms with E-state index in [-0.39, 0.29) is 28.3 Å². The molecule has 22 heavy (non-hydrogen) atoms. The van der Waals surface area contributed by atoms with Gasteiger partial charge in [0.1, 0.15) is 0 Å². The number of carbonyl (C=O) groups excluding carboxylic acids is 1. The molecule has 3 heteroatoms. The van der Waals surface area contributed by atoms with Gasteiger partial charge in [0.15, 0.2) is 14.1 Å². The van der Waals surface area contributed by atoms with E-state index < -0.39 is 8.32 Å². The molecule has 0 bridgehead atoms. The van der Waals surface area contributed by atoms with Crippen LogP contribution in [0.25, 0.3) is 0 Å². The molecule has 0 amide bonds. The Morgan fingerprint density at radius 2 is 2.09 bits per heavy atom. The SMILES string of the molecule is C=CC[C@]12CC=CC(=O)[C@H]1[C@H](O[Si](C)(C)C(C)(C)C)C[C@@H]2C. The van der Waals surface area contributed by atoms with Crippen molar-refractivity contribution in [2.45, 2.75) is 71.2 Å².